The summed E-state index contributed by atoms with van der Waals surface area (Å²) in [7, 11) is -3.74. The van der Waals surface area contributed by atoms with E-state index in [-0.39, 0.29) is 0 Å². The summed E-state index contributed by atoms with van der Waals surface area (Å²) in [4.78, 5) is 0. The molecule has 0 aliphatic carbocycles. The Morgan fingerprint density at radius 3 is 0.962 bits per heavy atom. The highest BCUT2D eigenvalue weighted by atomic mass is 35.7. The molecule has 158 valence electrons. The molecule has 19 heteroatoms. The zero-order valence-electron chi connectivity index (χ0n) is 10.8. The zero-order valence-corrected chi connectivity index (χ0v) is 12.3. The van der Waals surface area contributed by atoms with Gasteiger partial charge in [-0.3, -0.25) is 0 Å². The van der Waals surface area contributed by atoms with Crippen LogP contribution in [-0.4, -0.2) is 49.5 Å². The minimum absolute atomic E-state index is 3.59. The minimum Gasteiger partial charge on any atom is -0.216 e. The van der Waals surface area contributed by atoms with Crippen molar-refractivity contribution >= 4 is 19.7 Å². The lowest BCUT2D eigenvalue weighted by molar-refractivity contribution is -0.452. The van der Waals surface area contributed by atoms with Gasteiger partial charge < -0.3 is 0 Å². The summed E-state index contributed by atoms with van der Waals surface area (Å²) in [6.45, 7) is 0. The number of rotatable bonds is 5. The maximum Gasteiger partial charge on any atom is 0.438 e. The van der Waals surface area contributed by atoms with Gasteiger partial charge in [0.1, 0.15) is 0 Å². The third-order valence-corrected chi connectivity index (χ3v) is 4.12. The number of alkyl halides is 15. The van der Waals surface area contributed by atoms with E-state index in [2.05, 4.69) is 10.7 Å². The van der Waals surface area contributed by atoms with Crippen LogP contribution in [0.4, 0.5) is 65.9 Å². The Labute approximate surface area is 136 Å². The van der Waals surface area contributed by atoms with Crippen LogP contribution in [0, 0.1) is 0 Å². The Kier molecular flexibility index (Phi) is 5.66. The van der Waals surface area contributed by atoms with Crippen molar-refractivity contribution in [3.8, 4) is 0 Å². The fraction of sp³-hybridized carbons (Fsp3) is 1.00. The van der Waals surface area contributed by atoms with Crippen LogP contribution in [0.1, 0.15) is 0 Å². The molecule has 0 unspecified atom stereocenters. The van der Waals surface area contributed by atoms with Crippen LogP contribution in [0.25, 0.3) is 0 Å². The van der Waals surface area contributed by atoms with Gasteiger partial charge in [-0.05, 0) is 0 Å². The summed E-state index contributed by atoms with van der Waals surface area (Å²) in [6.07, 6.45) is -16.2. The van der Waals surface area contributed by atoms with E-state index in [0.29, 0.717) is 0 Å². The lowest BCUT2D eigenvalue weighted by Crippen LogP contribution is -2.75. The van der Waals surface area contributed by atoms with E-state index in [1.165, 1.54) is 0 Å². The highest BCUT2D eigenvalue weighted by Gasteiger charge is 2.96. The Morgan fingerprint density at radius 2 is 0.769 bits per heavy atom. The van der Waals surface area contributed by atoms with E-state index in [4.69, 9.17) is 0 Å². The summed E-state index contributed by atoms with van der Waals surface area (Å²) in [6, 6.07) is 0. The fourth-order valence-electron chi connectivity index (χ4n) is 1.27. The molecule has 0 saturated heterocycles. The van der Waals surface area contributed by atoms with Crippen molar-refractivity contribution in [3.63, 3.8) is 0 Å². The molecular weight excluding hydrogens is 469 g/mol. The molecule has 0 heterocycles. The molecule has 0 aromatic heterocycles. The first-order chi connectivity index (χ1) is 10.8. The van der Waals surface area contributed by atoms with Crippen LogP contribution >= 0.6 is 10.7 Å². The summed E-state index contributed by atoms with van der Waals surface area (Å²) in [5, 5.41) is -7.54. The van der Waals surface area contributed by atoms with Gasteiger partial charge in [0.05, 0.1) is 0 Å². The number of halogens is 16. The normalized spacial score (nSPS) is 16.8. The molecule has 26 heavy (non-hydrogen) atoms. The lowest BCUT2D eigenvalue weighted by atomic mass is 9.87. The lowest BCUT2D eigenvalue weighted by Gasteiger charge is -2.42. The topological polar surface area (TPSA) is 34.1 Å². The molecule has 0 aliphatic rings. The second-order valence-electron chi connectivity index (χ2n) is 4.33. The Bertz CT molecular complexity index is 630. The highest BCUT2D eigenvalue weighted by Crippen LogP contribution is 2.64. The van der Waals surface area contributed by atoms with Crippen molar-refractivity contribution in [3.05, 3.63) is 0 Å². The molecule has 0 fully saturated rings. The molecular formula is C7ClF15O2S. The third kappa shape index (κ3) is 2.95. The predicted octanol–water partition coefficient (Wildman–Crippen LogP) is 4.89. The van der Waals surface area contributed by atoms with E-state index in [0.717, 1.165) is 0 Å². The Morgan fingerprint density at radius 1 is 0.500 bits per heavy atom. The van der Waals surface area contributed by atoms with Gasteiger partial charge in [0, 0.05) is 10.7 Å². The summed E-state index contributed by atoms with van der Waals surface area (Å²) in [5.74, 6) is -25.5. The molecule has 0 rings (SSSR count). The Hall–Kier alpha value is -0.810. The van der Waals surface area contributed by atoms with E-state index < -0.39 is 50.1 Å². The quantitative estimate of drug-likeness (QED) is 0.426. The summed E-state index contributed by atoms with van der Waals surface area (Å²) >= 11 is 0. The van der Waals surface area contributed by atoms with Crippen molar-refractivity contribution < 1.29 is 74.3 Å². The van der Waals surface area contributed by atoms with Gasteiger partial charge in [-0.25, -0.2) is 12.8 Å². The van der Waals surface area contributed by atoms with Gasteiger partial charge in [-0.2, -0.15) is 61.5 Å². The molecule has 0 aliphatic heterocycles. The fourth-order valence-corrected chi connectivity index (χ4v) is 1.99. The molecule has 0 spiro atoms. The zero-order chi connectivity index (χ0) is 22.0. The molecule has 2 nitrogen and oxygen atoms in total. The van der Waals surface area contributed by atoms with E-state index >= 15 is 0 Å². The van der Waals surface area contributed by atoms with Crippen molar-refractivity contribution in [1.82, 2.24) is 0 Å². The maximum atomic E-state index is 13.1. The predicted molar refractivity (Wildman–Crippen MR) is 50.5 cm³/mol. The third-order valence-electron chi connectivity index (χ3n) is 2.67. The monoisotopic (exact) mass is 468 g/mol. The standard InChI is InChI=1S/C7ClF15O2S/c8-26(24,25)7(22,23)4(14,15)3(12,13)2(10,11)1(9,5(16,17)18)6(19,20)21. The first-order valence-electron chi connectivity index (χ1n) is 5.03. The summed E-state index contributed by atoms with van der Waals surface area (Å²) in [5.41, 5.74) is -8.48. The van der Waals surface area contributed by atoms with Gasteiger partial charge >= 0.3 is 50.1 Å². The average molecular weight is 469 g/mol. The van der Waals surface area contributed by atoms with Gasteiger partial charge in [0.2, 0.25) is 0 Å². The molecule has 0 radical (unpaired) electrons. The van der Waals surface area contributed by atoms with Gasteiger partial charge in [0.15, 0.2) is 0 Å². The minimum atomic E-state index is -8.68. The van der Waals surface area contributed by atoms with Gasteiger partial charge in [-0.1, -0.05) is 0 Å². The summed E-state index contributed by atoms with van der Waals surface area (Å²) < 4.78 is 209. The largest absolute Gasteiger partial charge is 0.438 e. The second-order valence-corrected chi connectivity index (χ2v) is 6.94. The number of hydrogen-bond donors (Lipinski definition) is 0. The van der Waals surface area contributed by atoms with Crippen LogP contribution in [0.15, 0.2) is 0 Å². The molecule has 0 saturated carbocycles. The first kappa shape index (κ1) is 25.2. The van der Waals surface area contributed by atoms with Crippen LogP contribution in [0.2, 0.25) is 0 Å². The van der Waals surface area contributed by atoms with Crippen LogP contribution in [-0.2, 0) is 9.05 Å². The smallest absolute Gasteiger partial charge is 0.216 e. The molecule has 0 amide bonds. The second kappa shape index (κ2) is 5.84. The van der Waals surface area contributed by atoms with Crippen molar-refractivity contribution in [2.75, 3.05) is 0 Å². The molecule has 0 bridgehead atoms. The van der Waals surface area contributed by atoms with Gasteiger partial charge in [-0.15, -0.1) is 0 Å². The van der Waals surface area contributed by atoms with Crippen molar-refractivity contribution in [2.45, 2.75) is 41.0 Å². The maximum absolute atomic E-state index is 13.1. The molecule has 0 N–H and O–H groups in total. The average Bonchev–Trinajstić information content (AvgIpc) is 2.32. The Balaban J connectivity index is 6.96. The van der Waals surface area contributed by atoms with Crippen LogP contribution in [0.3, 0.4) is 0 Å². The van der Waals surface area contributed by atoms with Crippen LogP contribution < -0.4 is 0 Å². The van der Waals surface area contributed by atoms with E-state index in [9.17, 15) is 74.3 Å². The molecule has 0 aromatic carbocycles. The van der Waals surface area contributed by atoms with E-state index in [1.807, 2.05) is 0 Å². The van der Waals surface area contributed by atoms with Crippen LogP contribution in [0.5, 0.6) is 0 Å². The van der Waals surface area contributed by atoms with Gasteiger partial charge in [0.25, 0.3) is 0 Å². The SMILES string of the molecule is O=S(=O)(Cl)C(F)(F)C(F)(F)C(F)(F)C(F)(F)C(F)(C(F)(F)F)C(F)(F)F. The van der Waals surface area contributed by atoms with Crippen molar-refractivity contribution in [1.29, 1.82) is 0 Å². The number of hydrogen-bond acceptors (Lipinski definition) is 2. The first-order valence-corrected chi connectivity index (χ1v) is 7.34. The molecule has 0 atom stereocenters. The highest BCUT2D eigenvalue weighted by molar-refractivity contribution is 8.14. The van der Waals surface area contributed by atoms with Crippen molar-refractivity contribution in [2.24, 2.45) is 0 Å². The molecule has 0 aromatic rings. The van der Waals surface area contributed by atoms with E-state index in [1.54, 1.807) is 0 Å².